The molecule has 1 aliphatic heterocycles. The second-order valence-electron chi connectivity index (χ2n) is 5.55. The van der Waals surface area contributed by atoms with Gasteiger partial charge in [-0.1, -0.05) is 13.8 Å². The fourth-order valence-corrected chi connectivity index (χ4v) is 2.31. The molecule has 1 aromatic rings. The highest BCUT2D eigenvalue weighted by Crippen LogP contribution is 2.25. The first kappa shape index (κ1) is 14.5. The van der Waals surface area contributed by atoms with Crippen LogP contribution in [0.5, 0.6) is 0 Å². The van der Waals surface area contributed by atoms with Gasteiger partial charge in [-0.2, -0.15) is 0 Å². The van der Waals surface area contributed by atoms with Crippen LogP contribution in [-0.4, -0.2) is 36.9 Å². The molecule has 0 aliphatic carbocycles. The van der Waals surface area contributed by atoms with Crippen LogP contribution in [0, 0.1) is 11.8 Å². The van der Waals surface area contributed by atoms with Crippen molar-refractivity contribution in [1.29, 1.82) is 0 Å². The molecular weight excluding hydrogens is 254 g/mol. The van der Waals surface area contributed by atoms with Gasteiger partial charge < -0.3 is 11.1 Å². The van der Waals surface area contributed by atoms with Crippen molar-refractivity contribution in [2.75, 3.05) is 25.5 Å². The maximum absolute atomic E-state index is 11.9. The standard InChI is InChI=1S/C15H21N3O2/c1-9(2)10(7-16)8-17-11-4-5-12-13(6-11)15(20)18(3)14(12)19/h4-6,9-10,17H,7-8,16H2,1-3H3. The van der Waals surface area contributed by atoms with Crippen molar-refractivity contribution in [1.82, 2.24) is 4.90 Å². The number of amides is 2. The summed E-state index contributed by atoms with van der Waals surface area (Å²) in [4.78, 5) is 24.9. The summed E-state index contributed by atoms with van der Waals surface area (Å²) in [6.45, 7) is 5.65. The summed E-state index contributed by atoms with van der Waals surface area (Å²) < 4.78 is 0. The lowest BCUT2D eigenvalue weighted by molar-refractivity contribution is 0.0693. The monoisotopic (exact) mass is 275 g/mol. The van der Waals surface area contributed by atoms with Gasteiger partial charge >= 0.3 is 0 Å². The summed E-state index contributed by atoms with van der Waals surface area (Å²) in [6.07, 6.45) is 0. The van der Waals surface area contributed by atoms with E-state index in [2.05, 4.69) is 19.2 Å². The van der Waals surface area contributed by atoms with Crippen LogP contribution in [-0.2, 0) is 0 Å². The van der Waals surface area contributed by atoms with Gasteiger partial charge in [0.15, 0.2) is 0 Å². The number of nitrogens with one attached hydrogen (secondary N) is 1. The fourth-order valence-electron chi connectivity index (χ4n) is 2.31. The minimum atomic E-state index is -0.243. The molecule has 1 unspecified atom stereocenters. The van der Waals surface area contributed by atoms with Crippen LogP contribution in [0.1, 0.15) is 34.6 Å². The van der Waals surface area contributed by atoms with Crippen molar-refractivity contribution in [2.24, 2.45) is 17.6 Å². The Balaban J connectivity index is 2.13. The van der Waals surface area contributed by atoms with E-state index in [4.69, 9.17) is 5.73 Å². The molecule has 0 aromatic heterocycles. The molecule has 5 heteroatoms. The third-order valence-corrected chi connectivity index (χ3v) is 3.90. The van der Waals surface area contributed by atoms with Gasteiger partial charge in [0.1, 0.15) is 0 Å². The van der Waals surface area contributed by atoms with E-state index in [1.165, 1.54) is 7.05 Å². The molecular formula is C15H21N3O2. The summed E-state index contributed by atoms with van der Waals surface area (Å²) in [5, 5.41) is 3.29. The molecule has 2 amide bonds. The Labute approximate surface area is 119 Å². The van der Waals surface area contributed by atoms with Gasteiger partial charge in [-0.15, -0.1) is 0 Å². The zero-order valence-corrected chi connectivity index (χ0v) is 12.1. The second-order valence-corrected chi connectivity index (χ2v) is 5.55. The lowest BCUT2D eigenvalue weighted by atomic mass is 9.96. The molecule has 2 rings (SSSR count). The summed E-state index contributed by atoms with van der Waals surface area (Å²) in [5.74, 6) is 0.394. The zero-order chi connectivity index (χ0) is 14.9. The van der Waals surface area contributed by atoms with E-state index in [9.17, 15) is 9.59 Å². The summed E-state index contributed by atoms with van der Waals surface area (Å²) in [5.41, 5.74) is 7.53. The average Bonchev–Trinajstić information content (AvgIpc) is 2.64. The molecule has 0 spiro atoms. The minimum absolute atomic E-state index is 0.237. The van der Waals surface area contributed by atoms with Crippen LogP contribution in [0.15, 0.2) is 18.2 Å². The number of imide groups is 1. The SMILES string of the molecule is CC(C)C(CN)CNc1ccc2c(c1)C(=O)N(C)C2=O. The molecule has 3 N–H and O–H groups in total. The van der Waals surface area contributed by atoms with Crippen LogP contribution in [0.25, 0.3) is 0 Å². The van der Waals surface area contributed by atoms with Gasteiger partial charge in [0.2, 0.25) is 0 Å². The number of nitrogens with two attached hydrogens (primary N) is 1. The van der Waals surface area contributed by atoms with E-state index in [-0.39, 0.29) is 11.8 Å². The molecule has 1 atom stereocenters. The van der Waals surface area contributed by atoms with E-state index in [1.54, 1.807) is 12.1 Å². The molecule has 0 fully saturated rings. The van der Waals surface area contributed by atoms with Crippen LogP contribution in [0.3, 0.4) is 0 Å². The quantitative estimate of drug-likeness (QED) is 0.800. The Morgan fingerprint density at radius 2 is 1.85 bits per heavy atom. The number of benzene rings is 1. The second kappa shape index (κ2) is 5.63. The number of carbonyl (C=O) groups is 2. The first-order chi connectivity index (χ1) is 9.45. The molecule has 108 valence electrons. The molecule has 1 aromatic carbocycles. The molecule has 20 heavy (non-hydrogen) atoms. The highest BCUT2D eigenvalue weighted by molar-refractivity contribution is 6.21. The van der Waals surface area contributed by atoms with Gasteiger partial charge in [-0.05, 0) is 36.6 Å². The van der Waals surface area contributed by atoms with Crippen LogP contribution < -0.4 is 11.1 Å². The van der Waals surface area contributed by atoms with Crippen molar-refractivity contribution in [2.45, 2.75) is 13.8 Å². The molecule has 0 bridgehead atoms. The van der Waals surface area contributed by atoms with E-state index < -0.39 is 0 Å². The number of fused-ring (bicyclic) bond motifs is 1. The number of rotatable bonds is 5. The molecule has 0 saturated heterocycles. The number of hydrogen-bond donors (Lipinski definition) is 2. The van der Waals surface area contributed by atoms with Gasteiger partial charge in [-0.25, -0.2) is 0 Å². The number of hydrogen-bond acceptors (Lipinski definition) is 4. The maximum Gasteiger partial charge on any atom is 0.261 e. The third-order valence-electron chi connectivity index (χ3n) is 3.90. The molecule has 0 radical (unpaired) electrons. The normalized spacial score (nSPS) is 15.8. The number of anilines is 1. The highest BCUT2D eigenvalue weighted by atomic mass is 16.2. The van der Waals surface area contributed by atoms with Crippen molar-refractivity contribution >= 4 is 17.5 Å². The number of carbonyl (C=O) groups excluding carboxylic acids is 2. The lowest BCUT2D eigenvalue weighted by Gasteiger charge is -2.20. The predicted octanol–water partition coefficient (Wildman–Crippen LogP) is 1.56. The highest BCUT2D eigenvalue weighted by Gasteiger charge is 2.32. The van der Waals surface area contributed by atoms with Crippen LogP contribution in [0.2, 0.25) is 0 Å². The first-order valence-electron chi connectivity index (χ1n) is 6.86. The van der Waals surface area contributed by atoms with E-state index in [0.29, 0.717) is 29.5 Å². The fraction of sp³-hybridized carbons (Fsp3) is 0.467. The largest absolute Gasteiger partial charge is 0.385 e. The molecule has 0 saturated carbocycles. The smallest absolute Gasteiger partial charge is 0.261 e. The summed E-state index contributed by atoms with van der Waals surface area (Å²) in [7, 11) is 1.50. The topological polar surface area (TPSA) is 75.4 Å². The van der Waals surface area contributed by atoms with Crippen molar-refractivity contribution in [3.63, 3.8) is 0 Å². The van der Waals surface area contributed by atoms with Gasteiger partial charge in [0.25, 0.3) is 11.8 Å². The van der Waals surface area contributed by atoms with Gasteiger partial charge in [0, 0.05) is 19.3 Å². The molecule has 1 heterocycles. The first-order valence-corrected chi connectivity index (χ1v) is 6.86. The third kappa shape index (κ3) is 2.54. The van der Waals surface area contributed by atoms with Gasteiger partial charge in [0.05, 0.1) is 11.1 Å². The minimum Gasteiger partial charge on any atom is -0.385 e. The Morgan fingerprint density at radius 1 is 1.20 bits per heavy atom. The summed E-state index contributed by atoms with van der Waals surface area (Å²) >= 11 is 0. The Bertz CT molecular complexity index is 540. The Morgan fingerprint density at radius 3 is 2.45 bits per heavy atom. The lowest BCUT2D eigenvalue weighted by Crippen LogP contribution is -2.27. The van der Waals surface area contributed by atoms with Crippen LogP contribution >= 0.6 is 0 Å². The number of nitrogens with zero attached hydrogens (tertiary/aromatic N) is 1. The van der Waals surface area contributed by atoms with E-state index in [1.807, 2.05) is 6.07 Å². The van der Waals surface area contributed by atoms with Gasteiger partial charge in [-0.3, -0.25) is 14.5 Å². The van der Waals surface area contributed by atoms with Crippen LogP contribution in [0.4, 0.5) is 5.69 Å². The van der Waals surface area contributed by atoms with Crippen molar-refractivity contribution < 1.29 is 9.59 Å². The van der Waals surface area contributed by atoms with Crippen molar-refractivity contribution in [3.05, 3.63) is 29.3 Å². The molecule has 1 aliphatic rings. The summed E-state index contributed by atoms with van der Waals surface area (Å²) in [6, 6.07) is 5.28. The zero-order valence-electron chi connectivity index (χ0n) is 12.1. The van der Waals surface area contributed by atoms with E-state index >= 15 is 0 Å². The average molecular weight is 275 g/mol. The Hall–Kier alpha value is -1.88. The predicted molar refractivity (Wildman–Crippen MR) is 78.7 cm³/mol. The Kier molecular flexibility index (Phi) is 4.09. The molecule has 5 nitrogen and oxygen atoms in total. The van der Waals surface area contributed by atoms with Crippen molar-refractivity contribution in [3.8, 4) is 0 Å². The maximum atomic E-state index is 11.9. The van der Waals surface area contributed by atoms with E-state index in [0.717, 1.165) is 17.1 Å².